The fraction of sp³-hybridized carbons (Fsp3) is 0.118. The zero-order chi connectivity index (χ0) is 16.8. The Hall–Kier alpha value is -1.62. The van der Waals surface area contributed by atoms with E-state index in [2.05, 4.69) is 4.98 Å². The summed E-state index contributed by atoms with van der Waals surface area (Å²) in [5.41, 5.74) is 2.49. The van der Waals surface area contributed by atoms with Crippen LogP contribution in [-0.4, -0.2) is 13.4 Å². The predicted molar refractivity (Wildman–Crippen MR) is 93.1 cm³/mol. The predicted octanol–water partition coefficient (Wildman–Crippen LogP) is 4.99. The Morgan fingerprint density at radius 1 is 0.957 bits per heavy atom. The van der Waals surface area contributed by atoms with Gasteiger partial charge in [0.05, 0.1) is 15.4 Å². The second-order valence-corrected chi connectivity index (χ2v) is 8.08. The van der Waals surface area contributed by atoms with E-state index >= 15 is 0 Å². The highest BCUT2D eigenvalue weighted by Gasteiger charge is 2.23. The molecule has 3 nitrogen and oxygen atoms in total. The smallest absolute Gasteiger partial charge is 0.209 e. The molecule has 0 radical (unpaired) electrons. The lowest BCUT2D eigenvalue weighted by molar-refractivity contribution is 0.596. The molecule has 0 aliphatic heterocycles. The van der Waals surface area contributed by atoms with Gasteiger partial charge in [-0.15, -0.1) is 0 Å². The summed E-state index contributed by atoms with van der Waals surface area (Å²) in [6.45, 7) is 3.80. The van der Waals surface area contributed by atoms with Crippen LogP contribution in [0.15, 0.2) is 52.4 Å². The van der Waals surface area contributed by atoms with Crippen molar-refractivity contribution in [1.82, 2.24) is 4.98 Å². The molecule has 0 fully saturated rings. The van der Waals surface area contributed by atoms with Crippen LogP contribution in [0, 0.1) is 13.8 Å². The van der Waals surface area contributed by atoms with E-state index in [0.717, 1.165) is 11.1 Å². The molecule has 0 spiro atoms. The zero-order valence-corrected chi connectivity index (χ0v) is 14.8. The van der Waals surface area contributed by atoms with Crippen molar-refractivity contribution in [3.63, 3.8) is 0 Å². The molecule has 1 aromatic heterocycles. The van der Waals surface area contributed by atoms with Crippen LogP contribution in [0.5, 0.6) is 0 Å². The van der Waals surface area contributed by atoms with E-state index in [-0.39, 0.29) is 14.8 Å². The summed E-state index contributed by atoms with van der Waals surface area (Å²) < 4.78 is 25.8. The molecule has 0 amide bonds. The van der Waals surface area contributed by atoms with Crippen LogP contribution in [-0.2, 0) is 9.84 Å². The Morgan fingerprint density at radius 2 is 1.70 bits per heavy atom. The molecule has 0 unspecified atom stereocenters. The van der Waals surface area contributed by atoms with E-state index in [4.69, 9.17) is 23.2 Å². The second-order valence-electron chi connectivity index (χ2n) is 5.35. The number of sulfone groups is 1. The van der Waals surface area contributed by atoms with Gasteiger partial charge >= 0.3 is 0 Å². The zero-order valence-electron chi connectivity index (χ0n) is 12.5. The van der Waals surface area contributed by atoms with E-state index in [1.165, 1.54) is 6.20 Å². The molecule has 0 saturated heterocycles. The fourth-order valence-electron chi connectivity index (χ4n) is 2.31. The van der Waals surface area contributed by atoms with Gasteiger partial charge in [0.25, 0.3) is 0 Å². The van der Waals surface area contributed by atoms with Crippen LogP contribution in [0.2, 0.25) is 10.0 Å². The fourth-order valence-corrected chi connectivity index (χ4v) is 4.36. The molecule has 6 heteroatoms. The lowest BCUT2D eigenvalue weighted by atomic mass is 10.1. The Balaban J connectivity index is 2.24. The van der Waals surface area contributed by atoms with Crippen LogP contribution in [0.4, 0.5) is 0 Å². The maximum atomic E-state index is 12.9. The van der Waals surface area contributed by atoms with Gasteiger partial charge in [-0.1, -0.05) is 29.3 Å². The van der Waals surface area contributed by atoms with E-state index < -0.39 is 9.84 Å². The summed E-state index contributed by atoms with van der Waals surface area (Å²) in [4.78, 5) is 4.39. The highest BCUT2D eigenvalue weighted by molar-refractivity contribution is 7.91. The van der Waals surface area contributed by atoms with Crippen molar-refractivity contribution in [2.45, 2.75) is 23.6 Å². The standard InChI is InChI=1S/C17H13Cl2NO2S/c1-10-3-5-13(7-11(10)2)23(21,22)16-9-20-15-8-12(18)4-6-14(15)17(16)19/h3-9H,1-2H3. The molecule has 0 N–H and O–H groups in total. The topological polar surface area (TPSA) is 47.0 Å². The number of nitrogens with zero attached hydrogens (tertiary/aromatic N) is 1. The molecular weight excluding hydrogens is 353 g/mol. The first kappa shape index (κ1) is 16.2. The van der Waals surface area contributed by atoms with E-state index in [0.29, 0.717) is 15.9 Å². The number of halogens is 2. The first-order valence-electron chi connectivity index (χ1n) is 6.87. The summed E-state index contributed by atoms with van der Waals surface area (Å²) >= 11 is 12.3. The third kappa shape index (κ3) is 2.82. The number of hydrogen-bond acceptors (Lipinski definition) is 3. The lowest BCUT2D eigenvalue weighted by Crippen LogP contribution is -2.04. The Kier molecular flexibility index (Phi) is 4.08. The van der Waals surface area contributed by atoms with Crippen LogP contribution in [0.25, 0.3) is 10.9 Å². The van der Waals surface area contributed by atoms with Gasteiger partial charge < -0.3 is 0 Å². The highest BCUT2D eigenvalue weighted by atomic mass is 35.5. The van der Waals surface area contributed by atoms with Crippen molar-refractivity contribution in [1.29, 1.82) is 0 Å². The highest BCUT2D eigenvalue weighted by Crippen LogP contribution is 2.33. The van der Waals surface area contributed by atoms with Crippen LogP contribution < -0.4 is 0 Å². The van der Waals surface area contributed by atoms with E-state index in [9.17, 15) is 8.42 Å². The van der Waals surface area contributed by atoms with Crippen LogP contribution in [0.3, 0.4) is 0 Å². The van der Waals surface area contributed by atoms with Gasteiger partial charge in [0.2, 0.25) is 9.84 Å². The van der Waals surface area contributed by atoms with Gasteiger partial charge in [0.1, 0.15) is 4.90 Å². The number of fused-ring (bicyclic) bond motifs is 1. The van der Waals surface area contributed by atoms with E-state index in [1.54, 1.807) is 36.4 Å². The Labute approximate surface area is 144 Å². The second kappa shape index (κ2) is 5.78. The molecule has 0 atom stereocenters. The molecule has 118 valence electrons. The molecule has 3 aromatic rings. The van der Waals surface area contributed by atoms with Gasteiger partial charge in [-0.05, 0) is 55.3 Å². The lowest BCUT2D eigenvalue weighted by Gasteiger charge is -2.10. The van der Waals surface area contributed by atoms with Crippen molar-refractivity contribution < 1.29 is 8.42 Å². The van der Waals surface area contributed by atoms with Gasteiger partial charge in [-0.25, -0.2) is 8.42 Å². The number of aryl methyl sites for hydroxylation is 2. The minimum absolute atomic E-state index is 0.00255. The normalized spacial score (nSPS) is 11.8. The third-order valence-electron chi connectivity index (χ3n) is 3.81. The largest absolute Gasteiger partial charge is 0.255 e. The number of pyridine rings is 1. The molecule has 23 heavy (non-hydrogen) atoms. The molecule has 0 saturated carbocycles. The maximum Gasteiger partial charge on any atom is 0.209 e. The van der Waals surface area contributed by atoms with Crippen molar-refractivity contribution in [3.8, 4) is 0 Å². The Bertz CT molecular complexity index is 1030. The van der Waals surface area contributed by atoms with Gasteiger partial charge in [0, 0.05) is 16.6 Å². The SMILES string of the molecule is Cc1ccc(S(=O)(=O)c2cnc3cc(Cl)ccc3c2Cl)cc1C. The summed E-state index contributed by atoms with van der Waals surface area (Å²) in [6, 6.07) is 9.99. The molecule has 3 rings (SSSR count). The van der Waals surface area contributed by atoms with Crippen LogP contribution >= 0.6 is 23.2 Å². The average molecular weight is 366 g/mol. The summed E-state index contributed by atoms with van der Waals surface area (Å²) in [5.74, 6) is 0. The monoisotopic (exact) mass is 365 g/mol. The maximum absolute atomic E-state index is 12.9. The van der Waals surface area contributed by atoms with Gasteiger partial charge in [0.15, 0.2) is 0 Å². The number of aromatic nitrogens is 1. The molecule has 0 aliphatic rings. The minimum Gasteiger partial charge on any atom is -0.255 e. The van der Waals surface area contributed by atoms with Gasteiger partial charge in [-0.3, -0.25) is 4.98 Å². The van der Waals surface area contributed by atoms with Crippen LogP contribution in [0.1, 0.15) is 11.1 Å². The third-order valence-corrected chi connectivity index (χ3v) is 6.33. The average Bonchev–Trinajstić information content (AvgIpc) is 2.49. The summed E-state index contributed by atoms with van der Waals surface area (Å²) in [7, 11) is -3.74. The molecule has 1 heterocycles. The van der Waals surface area contributed by atoms with Gasteiger partial charge in [-0.2, -0.15) is 0 Å². The minimum atomic E-state index is -3.74. The number of benzene rings is 2. The quantitative estimate of drug-likeness (QED) is 0.642. The Morgan fingerprint density at radius 3 is 2.39 bits per heavy atom. The van der Waals surface area contributed by atoms with Crippen molar-refractivity contribution in [2.24, 2.45) is 0 Å². The molecular formula is C17H13Cl2NO2S. The van der Waals surface area contributed by atoms with Crippen molar-refractivity contribution >= 4 is 43.9 Å². The number of hydrogen-bond donors (Lipinski definition) is 0. The first-order valence-corrected chi connectivity index (χ1v) is 9.11. The first-order chi connectivity index (χ1) is 10.8. The van der Waals surface area contributed by atoms with Crippen molar-refractivity contribution in [3.05, 3.63) is 63.8 Å². The van der Waals surface area contributed by atoms with E-state index in [1.807, 2.05) is 13.8 Å². The van der Waals surface area contributed by atoms with Crippen molar-refractivity contribution in [2.75, 3.05) is 0 Å². The number of rotatable bonds is 2. The summed E-state index contributed by atoms with van der Waals surface area (Å²) in [5, 5.41) is 1.23. The molecule has 2 aromatic carbocycles. The molecule has 0 aliphatic carbocycles. The molecule has 0 bridgehead atoms. The summed E-state index contributed by atoms with van der Waals surface area (Å²) in [6.07, 6.45) is 1.28.